The molecular weight excluding hydrogens is 262 g/mol. The highest BCUT2D eigenvalue weighted by molar-refractivity contribution is 7.13. The number of hydrogen-bond donors (Lipinski definition) is 0. The Labute approximate surface area is 118 Å². The molecule has 0 aliphatic carbocycles. The third kappa shape index (κ3) is 3.67. The molecule has 1 fully saturated rings. The lowest BCUT2D eigenvalue weighted by molar-refractivity contribution is -0.139. The molecule has 1 aliphatic heterocycles. The Hall–Kier alpha value is -1.14. The second-order valence-electron chi connectivity index (χ2n) is 5.04. The Morgan fingerprint density at radius 3 is 3.16 bits per heavy atom. The lowest BCUT2D eigenvalue weighted by Gasteiger charge is -2.35. The molecule has 2 heterocycles. The van der Waals surface area contributed by atoms with Crippen molar-refractivity contribution in [2.24, 2.45) is 0 Å². The molecule has 2 rings (SSSR count). The first-order valence-electron chi connectivity index (χ1n) is 6.52. The van der Waals surface area contributed by atoms with Crippen molar-refractivity contribution >= 4 is 22.4 Å². The van der Waals surface area contributed by atoms with Gasteiger partial charge in [-0.3, -0.25) is 4.79 Å². The van der Waals surface area contributed by atoms with Crippen LogP contribution in [-0.4, -0.2) is 56.2 Å². The average molecular weight is 283 g/mol. The van der Waals surface area contributed by atoms with Crippen LogP contribution in [-0.2, 0) is 16.0 Å². The molecular formula is C13H21N3O2S. The molecule has 1 aromatic heterocycles. The van der Waals surface area contributed by atoms with Crippen molar-refractivity contribution < 1.29 is 9.53 Å². The van der Waals surface area contributed by atoms with Gasteiger partial charge in [0, 0.05) is 25.0 Å². The summed E-state index contributed by atoms with van der Waals surface area (Å²) in [6.45, 7) is 2.25. The second-order valence-corrected chi connectivity index (χ2v) is 5.88. The maximum Gasteiger partial charge on any atom is 0.311 e. The van der Waals surface area contributed by atoms with E-state index in [0.29, 0.717) is 6.04 Å². The van der Waals surface area contributed by atoms with Crippen LogP contribution in [0.2, 0.25) is 0 Å². The SMILES string of the molecule is COC(=O)Cc1csc(N(C)C2CCCN(C)C2)n1. The number of aromatic nitrogens is 1. The maximum atomic E-state index is 11.2. The number of likely N-dealkylation sites (tertiary alicyclic amines) is 1. The molecule has 0 N–H and O–H groups in total. The Balaban J connectivity index is 1.99. The van der Waals surface area contributed by atoms with E-state index in [9.17, 15) is 4.79 Å². The van der Waals surface area contributed by atoms with Gasteiger partial charge in [0.15, 0.2) is 5.13 Å². The van der Waals surface area contributed by atoms with Crippen LogP contribution in [0.25, 0.3) is 0 Å². The van der Waals surface area contributed by atoms with Crippen LogP contribution >= 0.6 is 11.3 Å². The van der Waals surface area contributed by atoms with Crippen molar-refractivity contribution in [1.82, 2.24) is 9.88 Å². The van der Waals surface area contributed by atoms with E-state index in [2.05, 4.69) is 33.6 Å². The summed E-state index contributed by atoms with van der Waals surface area (Å²) in [6.07, 6.45) is 2.68. The zero-order chi connectivity index (χ0) is 13.8. The first kappa shape index (κ1) is 14.3. The van der Waals surface area contributed by atoms with Crippen molar-refractivity contribution in [3.05, 3.63) is 11.1 Å². The molecule has 0 spiro atoms. The highest BCUT2D eigenvalue weighted by Crippen LogP contribution is 2.24. The summed E-state index contributed by atoms with van der Waals surface area (Å²) in [5, 5.41) is 2.93. The van der Waals surface area contributed by atoms with Crippen molar-refractivity contribution in [2.45, 2.75) is 25.3 Å². The molecule has 106 valence electrons. The molecule has 6 heteroatoms. The van der Waals surface area contributed by atoms with Crippen LogP contribution in [0.4, 0.5) is 5.13 Å². The number of carbonyl (C=O) groups is 1. The summed E-state index contributed by atoms with van der Waals surface area (Å²) in [5.41, 5.74) is 0.794. The first-order valence-corrected chi connectivity index (χ1v) is 7.40. The highest BCUT2D eigenvalue weighted by Gasteiger charge is 2.23. The summed E-state index contributed by atoms with van der Waals surface area (Å²) in [6, 6.07) is 0.510. The number of hydrogen-bond acceptors (Lipinski definition) is 6. The molecule has 1 aliphatic rings. The third-order valence-electron chi connectivity index (χ3n) is 3.54. The maximum absolute atomic E-state index is 11.2. The number of rotatable bonds is 4. The van der Waals surface area contributed by atoms with Crippen LogP contribution in [0, 0.1) is 0 Å². The quantitative estimate of drug-likeness (QED) is 0.781. The fraction of sp³-hybridized carbons (Fsp3) is 0.692. The van der Waals surface area contributed by atoms with E-state index in [1.807, 2.05) is 5.38 Å². The summed E-state index contributed by atoms with van der Waals surface area (Å²) < 4.78 is 4.66. The molecule has 0 saturated carbocycles. The Morgan fingerprint density at radius 1 is 1.68 bits per heavy atom. The molecule has 19 heavy (non-hydrogen) atoms. The monoisotopic (exact) mass is 283 g/mol. The van der Waals surface area contributed by atoms with Gasteiger partial charge in [-0.25, -0.2) is 4.98 Å². The molecule has 1 unspecified atom stereocenters. The highest BCUT2D eigenvalue weighted by atomic mass is 32.1. The van der Waals surface area contributed by atoms with Gasteiger partial charge in [-0.1, -0.05) is 0 Å². The van der Waals surface area contributed by atoms with E-state index in [4.69, 9.17) is 0 Å². The number of nitrogens with zero attached hydrogens (tertiary/aromatic N) is 3. The minimum absolute atomic E-state index is 0.239. The molecule has 1 saturated heterocycles. The van der Waals surface area contributed by atoms with E-state index in [0.717, 1.165) is 17.4 Å². The van der Waals surface area contributed by atoms with Crippen LogP contribution in [0.3, 0.4) is 0 Å². The smallest absolute Gasteiger partial charge is 0.311 e. The van der Waals surface area contributed by atoms with E-state index in [1.165, 1.54) is 26.5 Å². The van der Waals surface area contributed by atoms with E-state index < -0.39 is 0 Å². The average Bonchev–Trinajstić information content (AvgIpc) is 2.86. The number of carbonyl (C=O) groups excluding carboxylic acids is 1. The van der Waals surface area contributed by atoms with E-state index in [-0.39, 0.29) is 12.4 Å². The lowest BCUT2D eigenvalue weighted by Crippen LogP contribution is -2.45. The fourth-order valence-corrected chi connectivity index (χ4v) is 3.23. The van der Waals surface area contributed by atoms with Gasteiger partial charge in [0.25, 0.3) is 0 Å². The molecule has 0 amide bonds. The molecule has 5 nitrogen and oxygen atoms in total. The van der Waals surface area contributed by atoms with Gasteiger partial charge in [-0.05, 0) is 26.4 Å². The molecule has 1 atom stereocenters. The Morgan fingerprint density at radius 2 is 2.47 bits per heavy atom. The minimum atomic E-state index is -0.239. The molecule has 1 aromatic rings. The van der Waals surface area contributed by atoms with Gasteiger partial charge in [0.1, 0.15) is 0 Å². The van der Waals surface area contributed by atoms with Crippen molar-refractivity contribution in [3.63, 3.8) is 0 Å². The van der Waals surface area contributed by atoms with Crippen LogP contribution in [0.15, 0.2) is 5.38 Å². The van der Waals surface area contributed by atoms with Crippen molar-refractivity contribution in [2.75, 3.05) is 39.2 Å². The number of piperidine rings is 1. The summed E-state index contributed by atoms with van der Waals surface area (Å²) in [7, 11) is 5.65. The zero-order valence-electron chi connectivity index (χ0n) is 11.8. The standard InChI is InChI=1S/C13H21N3O2S/c1-15-6-4-5-11(8-15)16(2)13-14-10(9-19-13)7-12(17)18-3/h9,11H,4-8H2,1-3H3. The summed E-state index contributed by atoms with van der Waals surface area (Å²) in [4.78, 5) is 20.3. The lowest BCUT2D eigenvalue weighted by atomic mass is 10.1. The van der Waals surface area contributed by atoms with Crippen molar-refractivity contribution in [3.8, 4) is 0 Å². The van der Waals surface area contributed by atoms with Gasteiger partial charge in [-0.15, -0.1) is 11.3 Å². The Bertz CT molecular complexity index is 435. The number of esters is 1. The predicted octanol–water partition coefficient (Wildman–Crippen LogP) is 1.39. The van der Waals surface area contributed by atoms with Gasteiger partial charge in [-0.2, -0.15) is 0 Å². The number of anilines is 1. The Kier molecular flexibility index (Phi) is 4.76. The fourth-order valence-electron chi connectivity index (χ4n) is 2.37. The van der Waals surface area contributed by atoms with Gasteiger partial charge in [0.2, 0.25) is 0 Å². The van der Waals surface area contributed by atoms with Crippen LogP contribution in [0.5, 0.6) is 0 Å². The minimum Gasteiger partial charge on any atom is -0.469 e. The molecule has 0 aromatic carbocycles. The van der Waals surface area contributed by atoms with Crippen molar-refractivity contribution in [1.29, 1.82) is 0 Å². The molecule has 0 bridgehead atoms. The number of thiazole rings is 1. The first-order chi connectivity index (χ1) is 9.10. The molecule has 0 radical (unpaired) electrons. The normalized spacial score (nSPS) is 20.3. The number of likely N-dealkylation sites (N-methyl/N-ethyl adjacent to an activating group) is 2. The van der Waals surface area contributed by atoms with Gasteiger partial charge >= 0.3 is 5.97 Å². The second kappa shape index (κ2) is 6.34. The zero-order valence-corrected chi connectivity index (χ0v) is 12.6. The van der Waals surface area contributed by atoms with E-state index in [1.54, 1.807) is 11.3 Å². The largest absolute Gasteiger partial charge is 0.469 e. The predicted molar refractivity (Wildman–Crippen MR) is 76.8 cm³/mol. The number of methoxy groups -OCH3 is 1. The van der Waals surface area contributed by atoms with Crippen LogP contribution in [0.1, 0.15) is 18.5 Å². The van der Waals surface area contributed by atoms with Crippen LogP contribution < -0.4 is 4.90 Å². The summed E-state index contributed by atoms with van der Waals surface area (Å²) in [5.74, 6) is -0.239. The van der Waals surface area contributed by atoms with Gasteiger partial charge < -0.3 is 14.5 Å². The summed E-state index contributed by atoms with van der Waals surface area (Å²) >= 11 is 1.59. The number of ether oxygens (including phenoxy) is 1. The van der Waals surface area contributed by atoms with E-state index >= 15 is 0 Å². The topological polar surface area (TPSA) is 45.7 Å². The third-order valence-corrected chi connectivity index (χ3v) is 4.52. The van der Waals surface area contributed by atoms with Gasteiger partial charge in [0.05, 0.1) is 19.2 Å².